The third-order valence-electron chi connectivity index (χ3n) is 5.27. The Kier molecular flexibility index (Phi) is 4.96. The molecule has 30 heavy (non-hydrogen) atoms. The second-order valence-corrected chi connectivity index (χ2v) is 8.17. The van der Waals surface area contributed by atoms with Crippen LogP contribution in [0.15, 0.2) is 42.5 Å². The number of hydrogen-bond acceptors (Lipinski definition) is 7. The van der Waals surface area contributed by atoms with E-state index in [1.54, 1.807) is 16.0 Å². The van der Waals surface area contributed by atoms with Crippen molar-refractivity contribution >= 4 is 43.6 Å². The third kappa shape index (κ3) is 3.56. The normalized spacial score (nSPS) is 14.6. The van der Waals surface area contributed by atoms with Crippen molar-refractivity contribution in [2.45, 2.75) is 13.5 Å². The molecule has 9 heteroatoms. The quantitative estimate of drug-likeness (QED) is 0.492. The third-order valence-corrected chi connectivity index (χ3v) is 6.35. The van der Waals surface area contributed by atoms with Gasteiger partial charge in [0.1, 0.15) is 17.8 Å². The Hall–Kier alpha value is -3.20. The predicted molar refractivity (Wildman–Crippen MR) is 117 cm³/mol. The monoisotopic (exact) mass is 422 g/mol. The van der Waals surface area contributed by atoms with Crippen molar-refractivity contribution in [2.24, 2.45) is 0 Å². The minimum Gasteiger partial charge on any atom is -0.494 e. The molecule has 0 radical (unpaired) electrons. The Balaban J connectivity index is 1.23. The number of hydrogen-bond donors (Lipinski definition) is 0. The smallest absolute Gasteiger partial charge is 0.244 e. The van der Waals surface area contributed by atoms with Crippen LogP contribution in [0.25, 0.3) is 21.3 Å². The molecule has 0 aliphatic carbocycles. The maximum Gasteiger partial charge on any atom is 0.244 e. The molecule has 0 bridgehead atoms. The first-order valence-corrected chi connectivity index (χ1v) is 10.9. The van der Waals surface area contributed by atoms with Gasteiger partial charge < -0.3 is 14.5 Å². The largest absolute Gasteiger partial charge is 0.494 e. The molecule has 1 amide bonds. The number of nitrogens with zero attached hydrogens (tertiary/aromatic N) is 6. The van der Waals surface area contributed by atoms with E-state index >= 15 is 0 Å². The van der Waals surface area contributed by atoms with Crippen LogP contribution in [0.5, 0.6) is 5.75 Å². The van der Waals surface area contributed by atoms with Crippen LogP contribution < -0.4 is 9.64 Å². The number of carbonyl (C=O) groups excluding carboxylic acids is 1. The Morgan fingerprint density at radius 1 is 1.10 bits per heavy atom. The van der Waals surface area contributed by atoms with Gasteiger partial charge in [0.15, 0.2) is 5.13 Å². The van der Waals surface area contributed by atoms with Crippen molar-refractivity contribution < 1.29 is 9.53 Å². The summed E-state index contributed by atoms with van der Waals surface area (Å²) >= 11 is 1.67. The standard InChI is InChI=1S/C21H22N6O2S/c1-2-29-15-7-8-17-19(13-15)30-21(22-17)26-11-9-25(10-12-26)20(28)14-27-18-6-4-3-5-16(18)23-24-27/h3-8,13H,2,9-12,14H2,1H3. The van der Waals surface area contributed by atoms with Crippen molar-refractivity contribution in [3.63, 3.8) is 0 Å². The summed E-state index contributed by atoms with van der Waals surface area (Å²) in [4.78, 5) is 21.7. The van der Waals surface area contributed by atoms with E-state index in [9.17, 15) is 4.79 Å². The second-order valence-electron chi connectivity index (χ2n) is 7.16. The molecule has 1 aliphatic heterocycles. The lowest BCUT2D eigenvalue weighted by Crippen LogP contribution is -2.49. The highest BCUT2D eigenvalue weighted by Crippen LogP contribution is 2.32. The summed E-state index contributed by atoms with van der Waals surface area (Å²) < 4.78 is 8.38. The topological polar surface area (TPSA) is 76.4 Å². The molecule has 8 nitrogen and oxygen atoms in total. The van der Waals surface area contributed by atoms with Crippen molar-refractivity contribution in [2.75, 3.05) is 37.7 Å². The molecule has 5 rings (SSSR count). The fourth-order valence-corrected chi connectivity index (χ4v) is 4.74. The number of para-hydroxylation sites is 1. The van der Waals surface area contributed by atoms with Gasteiger partial charge in [-0.25, -0.2) is 9.67 Å². The van der Waals surface area contributed by atoms with Gasteiger partial charge in [-0.15, -0.1) is 5.10 Å². The van der Waals surface area contributed by atoms with Gasteiger partial charge in [0.2, 0.25) is 5.91 Å². The van der Waals surface area contributed by atoms with E-state index in [2.05, 4.69) is 15.2 Å². The van der Waals surface area contributed by atoms with Gasteiger partial charge in [-0.05, 0) is 37.3 Å². The van der Waals surface area contributed by atoms with Crippen LogP contribution in [0, 0.1) is 0 Å². The zero-order chi connectivity index (χ0) is 20.5. The average Bonchev–Trinajstić information content (AvgIpc) is 3.38. The van der Waals surface area contributed by atoms with E-state index in [1.165, 1.54) is 0 Å². The molecule has 154 valence electrons. The SMILES string of the molecule is CCOc1ccc2nc(N3CCN(C(=O)Cn4nnc5ccccc54)CC3)sc2c1. The highest BCUT2D eigenvalue weighted by molar-refractivity contribution is 7.22. The van der Waals surface area contributed by atoms with Gasteiger partial charge in [-0.3, -0.25) is 4.79 Å². The van der Waals surface area contributed by atoms with Crippen molar-refractivity contribution in [1.29, 1.82) is 0 Å². The van der Waals surface area contributed by atoms with Gasteiger partial charge >= 0.3 is 0 Å². The fourth-order valence-electron chi connectivity index (χ4n) is 3.69. The lowest BCUT2D eigenvalue weighted by molar-refractivity contribution is -0.132. The summed E-state index contributed by atoms with van der Waals surface area (Å²) in [5.74, 6) is 0.937. The number of rotatable bonds is 5. The number of amides is 1. The van der Waals surface area contributed by atoms with Crippen molar-refractivity contribution in [3.05, 3.63) is 42.5 Å². The van der Waals surface area contributed by atoms with Crippen LogP contribution >= 0.6 is 11.3 Å². The number of thiazole rings is 1. The minimum atomic E-state index is 0.0657. The summed E-state index contributed by atoms with van der Waals surface area (Å²) in [7, 11) is 0. The molecule has 3 heterocycles. The molecule has 1 aliphatic rings. The number of anilines is 1. The first kappa shape index (κ1) is 18.8. The number of fused-ring (bicyclic) bond motifs is 2. The van der Waals surface area contributed by atoms with Crippen LogP contribution in [0.1, 0.15) is 6.92 Å². The Morgan fingerprint density at radius 2 is 1.93 bits per heavy atom. The Labute approximate surface area is 177 Å². The van der Waals surface area contributed by atoms with E-state index in [-0.39, 0.29) is 12.5 Å². The van der Waals surface area contributed by atoms with Gasteiger partial charge in [0, 0.05) is 26.2 Å². The van der Waals surface area contributed by atoms with Gasteiger partial charge in [0.05, 0.1) is 22.3 Å². The maximum atomic E-state index is 12.8. The maximum absolute atomic E-state index is 12.8. The molecule has 0 spiro atoms. The second kappa shape index (κ2) is 7.91. The highest BCUT2D eigenvalue weighted by atomic mass is 32.1. The summed E-state index contributed by atoms with van der Waals surface area (Å²) in [5.41, 5.74) is 2.67. The molecule has 2 aromatic heterocycles. The zero-order valence-corrected chi connectivity index (χ0v) is 17.5. The van der Waals surface area contributed by atoms with Crippen LogP contribution in [-0.2, 0) is 11.3 Å². The average molecular weight is 423 g/mol. The molecule has 4 aromatic rings. The molecule has 0 unspecified atom stereocenters. The van der Waals surface area contributed by atoms with E-state index in [0.717, 1.165) is 45.2 Å². The molecule has 0 saturated carbocycles. The number of benzene rings is 2. The minimum absolute atomic E-state index is 0.0657. The number of aromatic nitrogens is 4. The molecular weight excluding hydrogens is 400 g/mol. The van der Waals surface area contributed by atoms with Gasteiger partial charge in [-0.2, -0.15) is 0 Å². The lowest BCUT2D eigenvalue weighted by Gasteiger charge is -2.34. The van der Waals surface area contributed by atoms with Crippen molar-refractivity contribution in [3.8, 4) is 5.75 Å². The number of ether oxygens (including phenoxy) is 1. The Bertz CT molecular complexity index is 1190. The summed E-state index contributed by atoms with van der Waals surface area (Å²) in [6, 6.07) is 13.7. The van der Waals surface area contributed by atoms with Crippen LogP contribution in [0.4, 0.5) is 5.13 Å². The molecule has 1 fully saturated rings. The van der Waals surface area contributed by atoms with E-state index in [4.69, 9.17) is 9.72 Å². The van der Waals surface area contributed by atoms with Crippen LogP contribution in [0.3, 0.4) is 0 Å². The molecule has 2 aromatic carbocycles. The number of carbonyl (C=O) groups is 1. The van der Waals surface area contributed by atoms with Gasteiger partial charge in [0.25, 0.3) is 0 Å². The highest BCUT2D eigenvalue weighted by Gasteiger charge is 2.24. The molecule has 1 saturated heterocycles. The number of piperazine rings is 1. The van der Waals surface area contributed by atoms with Crippen LogP contribution in [-0.4, -0.2) is 63.6 Å². The lowest BCUT2D eigenvalue weighted by atomic mass is 10.3. The first-order chi connectivity index (χ1) is 14.7. The molecular formula is C21H22N6O2S. The van der Waals surface area contributed by atoms with E-state index in [1.807, 2.05) is 54.3 Å². The first-order valence-electron chi connectivity index (χ1n) is 10.1. The summed E-state index contributed by atoms with van der Waals surface area (Å²) in [6.45, 7) is 5.72. The predicted octanol–water partition coefficient (Wildman–Crippen LogP) is 2.79. The zero-order valence-electron chi connectivity index (χ0n) is 16.7. The van der Waals surface area contributed by atoms with E-state index < -0.39 is 0 Å². The molecule has 0 N–H and O–H groups in total. The van der Waals surface area contributed by atoms with Crippen molar-refractivity contribution in [1.82, 2.24) is 24.9 Å². The summed E-state index contributed by atoms with van der Waals surface area (Å²) in [5, 5.41) is 9.25. The summed E-state index contributed by atoms with van der Waals surface area (Å²) in [6.07, 6.45) is 0. The Morgan fingerprint density at radius 3 is 2.77 bits per heavy atom. The van der Waals surface area contributed by atoms with Crippen LogP contribution in [0.2, 0.25) is 0 Å². The molecule has 0 atom stereocenters. The fraction of sp³-hybridized carbons (Fsp3) is 0.333. The van der Waals surface area contributed by atoms with E-state index in [0.29, 0.717) is 19.7 Å². The van der Waals surface area contributed by atoms with Gasteiger partial charge in [-0.1, -0.05) is 28.7 Å².